The Labute approximate surface area is 480 Å². The molecule has 6 aromatic rings. The van der Waals surface area contributed by atoms with Crippen LogP contribution in [0.15, 0.2) is 146 Å². The van der Waals surface area contributed by atoms with E-state index in [1.807, 2.05) is 39.5 Å². The van der Waals surface area contributed by atoms with E-state index in [0.717, 1.165) is 80.8 Å². The molecule has 5 unspecified atom stereocenters. The lowest BCUT2D eigenvalue weighted by molar-refractivity contribution is -0.276. The van der Waals surface area contributed by atoms with E-state index in [9.17, 15) is 24.0 Å². The van der Waals surface area contributed by atoms with Gasteiger partial charge < -0.3 is 43.0 Å². The number of aromatic nitrogens is 2. The normalized spacial score (nSPS) is 20.0. The van der Waals surface area contributed by atoms with Gasteiger partial charge in [0.05, 0.1) is 22.3 Å². The molecule has 1 N–H and O–H groups in total. The lowest BCUT2D eigenvalue weighted by atomic mass is 9.72. The summed E-state index contributed by atoms with van der Waals surface area (Å²) in [5.74, 6) is -3.06. The molecule has 0 bridgehead atoms. The Bertz CT molecular complexity index is 3150. The van der Waals surface area contributed by atoms with Crippen LogP contribution in [0.3, 0.4) is 0 Å². The minimum atomic E-state index is -1.62. The molecule has 0 aliphatic carbocycles. The highest BCUT2D eigenvalue weighted by Crippen LogP contribution is 2.41. The molecule has 3 aliphatic rings. The number of benzene rings is 5. The van der Waals surface area contributed by atoms with Gasteiger partial charge in [0.2, 0.25) is 18.3 Å². The van der Waals surface area contributed by atoms with Crippen molar-refractivity contribution in [2.24, 2.45) is 5.41 Å². The fourth-order valence-electron chi connectivity index (χ4n) is 10.9. The fraction of sp³-hybridized carbons (Fsp3) is 0.394. The van der Waals surface area contributed by atoms with Gasteiger partial charge in [-0.3, -0.25) is 5.10 Å². The summed E-state index contributed by atoms with van der Waals surface area (Å²) in [6, 6.07) is 39.4. The molecule has 1 aromatic heterocycles. The van der Waals surface area contributed by atoms with Crippen LogP contribution in [-0.4, -0.2) is 126 Å². The standard InChI is InChI=1S/C66H74N4O12/c1-44(2)54-52(41-51-32-31-46(40-45(51)3)22-19-20-36-69-37-21-33-66(43-69)34-38-70(39-35-66)64(75)82-65(4,5)6)58(68-67-54)81-63-57(80-62(74)50-29-17-10-18-30-50)56(79-61(73)49-27-15-9-16-28-49)55(78-60(72)48-25-13-8-14-26-48)53(77-63)42-76-59(71)47-23-11-7-12-24-47/h7-19,22-32,40,44,53,55-57,63H,20-21,33-39,41-43H2,1-6H3,(H,67,68). The lowest BCUT2D eigenvalue weighted by Gasteiger charge is -2.47. The number of hydrogen-bond acceptors (Lipinski definition) is 14. The highest BCUT2D eigenvalue weighted by atomic mass is 16.7. The zero-order chi connectivity index (χ0) is 57.8. The molecular formula is C66H74N4O12. The van der Waals surface area contributed by atoms with Crippen LogP contribution in [0, 0.1) is 12.3 Å². The molecule has 4 heterocycles. The molecular weight excluding hydrogens is 1040 g/mol. The van der Waals surface area contributed by atoms with E-state index < -0.39 is 66.8 Å². The van der Waals surface area contributed by atoms with Gasteiger partial charge in [0.15, 0.2) is 12.2 Å². The zero-order valence-corrected chi connectivity index (χ0v) is 47.6. The number of amides is 1. The third kappa shape index (κ3) is 15.1. The molecule has 1 spiro atoms. The van der Waals surface area contributed by atoms with E-state index in [1.165, 1.54) is 6.42 Å². The number of nitrogens with zero attached hydrogens (tertiary/aromatic N) is 3. The quantitative estimate of drug-likeness (QED) is 0.0633. The monoisotopic (exact) mass is 1110 g/mol. The summed E-state index contributed by atoms with van der Waals surface area (Å²) in [5, 5.41) is 7.86. The van der Waals surface area contributed by atoms with Crippen molar-refractivity contribution < 1.29 is 57.1 Å². The van der Waals surface area contributed by atoms with E-state index in [1.54, 1.807) is 121 Å². The Hall–Kier alpha value is -8.08. The number of nitrogens with one attached hydrogen (secondary N) is 1. The van der Waals surface area contributed by atoms with Gasteiger partial charge in [-0.25, -0.2) is 24.0 Å². The molecule has 16 heteroatoms. The molecule has 0 saturated carbocycles. The van der Waals surface area contributed by atoms with Crippen LogP contribution in [0.25, 0.3) is 6.08 Å². The number of carbonyl (C=O) groups is 5. The van der Waals surface area contributed by atoms with Crippen LogP contribution in [0.5, 0.6) is 5.88 Å². The number of aryl methyl sites for hydroxylation is 1. The third-order valence-electron chi connectivity index (χ3n) is 15.3. The van der Waals surface area contributed by atoms with Gasteiger partial charge >= 0.3 is 30.0 Å². The van der Waals surface area contributed by atoms with Crippen LogP contribution >= 0.6 is 0 Å². The molecule has 3 aliphatic heterocycles. The zero-order valence-electron chi connectivity index (χ0n) is 47.6. The Morgan fingerprint density at radius 3 is 1.80 bits per heavy atom. The van der Waals surface area contributed by atoms with Crippen LogP contribution in [-0.2, 0) is 34.8 Å². The number of hydrogen-bond donors (Lipinski definition) is 1. The molecule has 5 aromatic carbocycles. The van der Waals surface area contributed by atoms with Crippen LogP contribution in [0.4, 0.5) is 4.79 Å². The summed E-state index contributed by atoms with van der Waals surface area (Å²) in [5.41, 5.74) is 5.09. The second kappa shape index (κ2) is 26.7. The summed E-state index contributed by atoms with van der Waals surface area (Å²) >= 11 is 0. The average Bonchev–Trinajstić information content (AvgIpc) is 3.72. The molecule has 3 saturated heterocycles. The number of ether oxygens (including phenoxy) is 7. The van der Waals surface area contributed by atoms with Crippen molar-refractivity contribution >= 4 is 36.0 Å². The van der Waals surface area contributed by atoms with E-state index in [4.69, 9.17) is 33.2 Å². The number of carbonyl (C=O) groups excluding carboxylic acids is 5. The third-order valence-corrected chi connectivity index (χ3v) is 15.3. The predicted octanol–water partition coefficient (Wildman–Crippen LogP) is 11.6. The Morgan fingerprint density at radius 1 is 0.707 bits per heavy atom. The Morgan fingerprint density at radius 2 is 1.26 bits per heavy atom. The number of rotatable bonds is 18. The number of piperidine rings is 2. The summed E-state index contributed by atoms with van der Waals surface area (Å²) in [6.07, 6.45) is 2.04. The molecule has 82 heavy (non-hydrogen) atoms. The SMILES string of the molecule is Cc1cc(C=CCCN2CCCC3(CCN(C(=O)OC(C)(C)C)CC3)C2)ccc1Cc1c(OC2OC(COC(=O)c3ccccc3)C(OC(=O)c3ccccc3)C(OC(=O)c3ccccc3)C2OC(=O)c2ccccc2)n[nH]c1C(C)C. The first-order valence-electron chi connectivity index (χ1n) is 28.4. The summed E-state index contributed by atoms with van der Waals surface area (Å²) in [7, 11) is 0. The maximum absolute atomic E-state index is 14.3. The fourth-order valence-corrected chi connectivity index (χ4v) is 10.9. The van der Waals surface area contributed by atoms with Gasteiger partial charge in [0, 0.05) is 43.9 Å². The molecule has 9 rings (SSSR count). The molecule has 16 nitrogen and oxygen atoms in total. The first-order chi connectivity index (χ1) is 39.5. The van der Waals surface area contributed by atoms with Gasteiger partial charge in [0.25, 0.3) is 0 Å². The van der Waals surface area contributed by atoms with E-state index in [0.29, 0.717) is 12.0 Å². The lowest BCUT2D eigenvalue weighted by Crippen LogP contribution is -2.64. The van der Waals surface area contributed by atoms with Crippen molar-refractivity contribution in [3.8, 4) is 5.88 Å². The number of aromatic amines is 1. The highest BCUT2D eigenvalue weighted by Gasteiger charge is 2.55. The summed E-state index contributed by atoms with van der Waals surface area (Å²) in [4.78, 5) is 73.4. The smallest absolute Gasteiger partial charge is 0.410 e. The van der Waals surface area contributed by atoms with Gasteiger partial charge in [0.1, 0.15) is 18.3 Å². The van der Waals surface area contributed by atoms with Gasteiger partial charge in [-0.05, 0) is 143 Å². The van der Waals surface area contributed by atoms with Crippen LogP contribution in [0.2, 0.25) is 0 Å². The molecule has 430 valence electrons. The second-order valence-electron chi connectivity index (χ2n) is 22.8. The van der Waals surface area contributed by atoms with Crippen molar-refractivity contribution in [2.75, 3.05) is 39.3 Å². The van der Waals surface area contributed by atoms with Crippen LogP contribution in [0.1, 0.15) is 142 Å². The number of H-pyrrole nitrogens is 1. The largest absolute Gasteiger partial charge is 0.459 e. The highest BCUT2D eigenvalue weighted by molar-refractivity contribution is 5.91. The van der Waals surface area contributed by atoms with Crippen molar-refractivity contribution in [3.63, 3.8) is 0 Å². The summed E-state index contributed by atoms with van der Waals surface area (Å²) in [6.45, 7) is 15.9. The minimum absolute atomic E-state index is 0.0485. The van der Waals surface area contributed by atoms with Crippen LogP contribution < -0.4 is 4.74 Å². The Kier molecular flexibility index (Phi) is 19.1. The van der Waals surface area contributed by atoms with Crippen molar-refractivity contribution in [1.82, 2.24) is 20.0 Å². The minimum Gasteiger partial charge on any atom is -0.459 e. The number of esters is 4. The van der Waals surface area contributed by atoms with Crippen molar-refractivity contribution in [3.05, 3.63) is 196 Å². The molecule has 5 atom stereocenters. The molecule has 3 fully saturated rings. The summed E-state index contributed by atoms with van der Waals surface area (Å²) < 4.78 is 43.9. The van der Waals surface area contributed by atoms with Crippen molar-refractivity contribution in [1.29, 1.82) is 0 Å². The van der Waals surface area contributed by atoms with E-state index in [-0.39, 0.29) is 45.6 Å². The topological polar surface area (TPSA) is 185 Å². The first kappa shape index (κ1) is 58.6. The van der Waals surface area contributed by atoms with Crippen molar-refractivity contribution in [2.45, 2.75) is 122 Å². The van der Waals surface area contributed by atoms with E-state index in [2.05, 4.69) is 52.4 Å². The first-order valence-corrected chi connectivity index (χ1v) is 28.4. The maximum atomic E-state index is 14.3. The van der Waals surface area contributed by atoms with Gasteiger partial charge in [-0.15, -0.1) is 5.10 Å². The maximum Gasteiger partial charge on any atom is 0.410 e. The Balaban J connectivity index is 0.968. The molecule has 1 amide bonds. The second-order valence-corrected chi connectivity index (χ2v) is 22.8. The molecule has 0 radical (unpaired) electrons. The average molecular weight is 1120 g/mol. The van der Waals surface area contributed by atoms with Gasteiger partial charge in [-0.2, -0.15) is 0 Å². The predicted molar refractivity (Wildman–Crippen MR) is 308 cm³/mol. The van der Waals surface area contributed by atoms with E-state index >= 15 is 0 Å². The van der Waals surface area contributed by atoms with Gasteiger partial charge in [-0.1, -0.05) is 117 Å². The number of likely N-dealkylation sites (tertiary alicyclic amines) is 2.